The van der Waals surface area contributed by atoms with Gasteiger partial charge < -0.3 is 18.4 Å². The maximum absolute atomic E-state index is 12.5. The Hall–Kier alpha value is -3.82. The van der Waals surface area contributed by atoms with Crippen LogP contribution in [0.4, 0.5) is 0 Å². The molecule has 3 aromatic carbocycles. The predicted octanol–water partition coefficient (Wildman–Crippen LogP) is 3.93. The van der Waals surface area contributed by atoms with E-state index in [1.54, 1.807) is 18.2 Å². The molecule has 9 heteroatoms. The number of rotatable bonds is 6. The van der Waals surface area contributed by atoms with Crippen LogP contribution in [0.25, 0.3) is 22.3 Å². The zero-order valence-corrected chi connectivity index (χ0v) is 16.7. The van der Waals surface area contributed by atoms with Crippen molar-refractivity contribution in [3.63, 3.8) is 0 Å². The molecule has 0 saturated carbocycles. The van der Waals surface area contributed by atoms with Crippen LogP contribution < -0.4 is 14.3 Å². The van der Waals surface area contributed by atoms with Crippen LogP contribution in [-0.4, -0.2) is 18.1 Å². The van der Waals surface area contributed by atoms with Crippen molar-refractivity contribution >= 4 is 21.4 Å². The third kappa shape index (κ3) is 4.52. The SMILES string of the molecule is O=c1c(O)c(-c2ccc(OCc3ccccc3)c(OS(=O)(=O)O)c2)oc2ccccc12. The van der Waals surface area contributed by atoms with Gasteiger partial charge in [0, 0.05) is 5.56 Å². The van der Waals surface area contributed by atoms with Crippen molar-refractivity contribution in [1.29, 1.82) is 0 Å². The van der Waals surface area contributed by atoms with Crippen LogP contribution in [0.2, 0.25) is 0 Å². The number of benzene rings is 3. The quantitative estimate of drug-likeness (QED) is 0.432. The van der Waals surface area contributed by atoms with Crippen LogP contribution in [0, 0.1) is 0 Å². The number of para-hydroxylation sites is 1. The first-order chi connectivity index (χ1) is 14.8. The van der Waals surface area contributed by atoms with Crippen molar-refractivity contribution < 1.29 is 31.4 Å². The van der Waals surface area contributed by atoms with Crippen molar-refractivity contribution in [2.24, 2.45) is 0 Å². The molecule has 0 radical (unpaired) electrons. The second-order valence-corrected chi connectivity index (χ2v) is 7.57. The summed E-state index contributed by atoms with van der Waals surface area (Å²) in [5, 5.41) is 10.5. The highest BCUT2D eigenvalue weighted by Gasteiger charge is 2.19. The minimum Gasteiger partial charge on any atom is -0.502 e. The van der Waals surface area contributed by atoms with Crippen molar-refractivity contribution in [2.45, 2.75) is 6.61 Å². The van der Waals surface area contributed by atoms with E-state index in [2.05, 4.69) is 4.18 Å². The van der Waals surface area contributed by atoms with E-state index in [1.165, 1.54) is 24.3 Å². The Morgan fingerprint density at radius 3 is 2.35 bits per heavy atom. The van der Waals surface area contributed by atoms with E-state index in [0.29, 0.717) is 0 Å². The normalized spacial score (nSPS) is 11.4. The number of hydrogen-bond donors (Lipinski definition) is 2. The lowest BCUT2D eigenvalue weighted by atomic mass is 10.1. The molecule has 31 heavy (non-hydrogen) atoms. The Morgan fingerprint density at radius 2 is 1.61 bits per heavy atom. The first kappa shape index (κ1) is 20.5. The van der Waals surface area contributed by atoms with Crippen LogP contribution >= 0.6 is 0 Å². The second kappa shape index (κ2) is 8.13. The van der Waals surface area contributed by atoms with Crippen molar-refractivity contribution in [3.05, 3.63) is 88.6 Å². The van der Waals surface area contributed by atoms with Gasteiger partial charge >= 0.3 is 10.4 Å². The lowest BCUT2D eigenvalue weighted by Gasteiger charge is -2.13. The summed E-state index contributed by atoms with van der Waals surface area (Å²) in [6.07, 6.45) is 0. The van der Waals surface area contributed by atoms with Crippen LogP contribution in [0.1, 0.15) is 5.56 Å². The fourth-order valence-corrected chi connectivity index (χ4v) is 3.37. The molecule has 0 spiro atoms. The molecule has 4 aromatic rings. The highest BCUT2D eigenvalue weighted by molar-refractivity contribution is 7.81. The smallest absolute Gasteiger partial charge is 0.446 e. The van der Waals surface area contributed by atoms with Gasteiger partial charge in [-0.3, -0.25) is 9.35 Å². The van der Waals surface area contributed by atoms with Crippen LogP contribution in [0.3, 0.4) is 0 Å². The summed E-state index contributed by atoms with van der Waals surface area (Å²) < 4.78 is 47.7. The van der Waals surface area contributed by atoms with Gasteiger partial charge in [-0.05, 0) is 35.9 Å². The van der Waals surface area contributed by atoms with E-state index >= 15 is 0 Å². The first-order valence-electron chi connectivity index (χ1n) is 9.05. The maximum Gasteiger partial charge on any atom is 0.446 e. The topological polar surface area (TPSA) is 123 Å². The molecule has 158 valence electrons. The van der Waals surface area contributed by atoms with Crippen LogP contribution in [-0.2, 0) is 17.0 Å². The van der Waals surface area contributed by atoms with Crippen molar-refractivity contribution in [2.75, 3.05) is 0 Å². The molecule has 1 aromatic heterocycles. The molecule has 0 aliphatic heterocycles. The number of fused-ring (bicyclic) bond motifs is 1. The molecule has 0 fully saturated rings. The molecule has 1 heterocycles. The highest BCUT2D eigenvalue weighted by atomic mass is 32.3. The van der Waals surface area contributed by atoms with E-state index in [4.69, 9.17) is 13.7 Å². The summed E-state index contributed by atoms with van der Waals surface area (Å²) in [4.78, 5) is 12.5. The summed E-state index contributed by atoms with van der Waals surface area (Å²) in [5.41, 5.74) is 0.564. The average molecular weight is 440 g/mol. The summed E-state index contributed by atoms with van der Waals surface area (Å²) >= 11 is 0. The molecule has 4 rings (SSSR count). The number of ether oxygens (including phenoxy) is 1. The predicted molar refractivity (Wildman–Crippen MR) is 113 cm³/mol. The second-order valence-electron chi connectivity index (χ2n) is 6.55. The van der Waals surface area contributed by atoms with Gasteiger partial charge in [0.1, 0.15) is 12.2 Å². The Labute approximate surface area is 176 Å². The molecule has 0 amide bonds. The summed E-state index contributed by atoms with van der Waals surface area (Å²) in [6, 6.07) is 19.5. The Kier molecular flexibility index (Phi) is 5.37. The lowest BCUT2D eigenvalue weighted by molar-refractivity contribution is 0.292. The minimum absolute atomic E-state index is 0.0212. The molecule has 0 atom stereocenters. The lowest BCUT2D eigenvalue weighted by Crippen LogP contribution is -2.08. The van der Waals surface area contributed by atoms with Gasteiger partial charge in [-0.25, -0.2) is 0 Å². The van der Waals surface area contributed by atoms with Gasteiger partial charge in [0.25, 0.3) is 0 Å². The van der Waals surface area contributed by atoms with Gasteiger partial charge in [0.05, 0.1) is 5.39 Å². The van der Waals surface area contributed by atoms with Crippen molar-refractivity contribution in [1.82, 2.24) is 0 Å². The zero-order valence-electron chi connectivity index (χ0n) is 15.9. The van der Waals surface area contributed by atoms with Crippen molar-refractivity contribution in [3.8, 4) is 28.6 Å². The highest BCUT2D eigenvalue weighted by Crippen LogP contribution is 2.37. The summed E-state index contributed by atoms with van der Waals surface area (Å²) in [5.74, 6) is -1.15. The Balaban J connectivity index is 1.77. The standard InChI is InChI=1S/C22H16O8S/c23-20-16-8-4-5-9-17(16)29-22(21(20)24)15-10-11-18(19(12-15)30-31(25,26)27)28-13-14-6-2-1-3-7-14/h1-12,24H,13H2,(H,25,26,27). The first-order valence-corrected chi connectivity index (χ1v) is 10.4. The van der Waals surface area contributed by atoms with Gasteiger partial charge in [0.2, 0.25) is 11.2 Å². The fourth-order valence-electron chi connectivity index (χ4n) is 3.01. The van der Waals surface area contributed by atoms with E-state index in [-0.39, 0.29) is 40.4 Å². The third-order valence-electron chi connectivity index (χ3n) is 4.41. The Bertz CT molecular complexity index is 1410. The number of hydrogen-bond acceptors (Lipinski definition) is 7. The zero-order chi connectivity index (χ0) is 22.0. The van der Waals surface area contributed by atoms with E-state index in [9.17, 15) is 18.3 Å². The molecular weight excluding hydrogens is 424 g/mol. The van der Waals surface area contributed by atoms with Crippen LogP contribution in [0.15, 0.2) is 82.0 Å². The molecule has 2 N–H and O–H groups in total. The maximum atomic E-state index is 12.5. The van der Waals surface area contributed by atoms with Gasteiger partial charge in [0.15, 0.2) is 17.3 Å². The van der Waals surface area contributed by atoms with E-state index in [0.717, 1.165) is 5.56 Å². The van der Waals surface area contributed by atoms with Gasteiger partial charge in [-0.2, -0.15) is 8.42 Å². The van der Waals surface area contributed by atoms with Crippen LogP contribution in [0.5, 0.6) is 17.2 Å². The summed E-state index contributed by atoms with van der Waals surface area (Å²) in [6.45, 7) is 0.109. The van der Waals surface area contributed by atoms with Gasteiger partial charge in [-0.1, -0.05) is 42.5 Å². The molecule has 0 unspecified atom stereocenters. The fraction of sp³-hybridized carbons (Fsp3) is 0.0455. The molecule has 0 aliphatic carbocycles. The third-order valence-corrected chi connectivity index (χ3v) is 4.80. The Morgan fingerprint density at radius 1 is 0.903 bits per heavy atom. The number of aromatic hydroxyl groups is 1. The minimum atomic E-state index is -4.87. The van der Waals surface area contributed by atoms with Gasteiger partial charge in [-0.15, -0.1) is 0 Å². The van der Waals surface area contributed by atoms with E-state index < -0.39 is 21.6 Å². The molecular formula is C22H16O8S. The largest absolute Gasteiger partial charge is 0.502 e. The molecule has 0 saturated heterocycles. The summed E-state index contributed by atoms with van der Waals surface area (Å²) in [7, 11) is -4.87. The average Bonchev–Trinajstić information content (AvgIpc) is 2.75. The molecule has 0 aliphatic rings. The molecule has 0 bridgehead atoms. The monoisotopic (exact) mass is 440 g/mol. The van der Waals surface area contributed by atoms with E-state index in [1.807, 2.05) is 30.3 Å². The molecule has 8 nitrogen and oxygen atoms in total.